The molecule has 23 heavy (non-hydrogen) atoms. The minimum absolute atomic E-state index is 0.144. The van der Waals surface area contributed by atoms with Gasteiger partial charge in [0.15, 0.2) is 0 Å². The second kappa shape index (κ2) is 6.81. The van der Waals surface area contributed by atoms with Crippen molar-refractivity contribution in [1.29, 1.82) is 0 Å². The number of hydrogen-bond donors (Lipinski definition) is 0. The highest BCUT2D eigenvalue weighted by Gasteiger charge is 2.26. The molecule has 0 amide bonds. The molecule has 0 spiro atoms. The summed E-state index contributed by atoms with van der Waals surface area (Å²) < 4.78 is 27.9. The van der Waals surface area contributed by atoms with E-state index in [-0.39, 0.29) is 11.6 Å². The molecule has 6 heteroatoms. The summed E-state index contributed by atoms with van der Waals surface area (Å²) in [5.74, 6) is -0.0997. The number of pyridine rings is 1. The third-order valence-electron chi connectivity index (χ3n) is 4.32. The summed E-state index contributed by atoms with van der Waals surface area (Å²) in [7, 11) is 0. The van der Waals surface area contributed by atoms with Gasteiger partial charge in [0.05, 0.1) is 5.02 Å². The van der Waals surface area contributed by atoms with E-state index >= 15 is 0 Å². The summed E-state index contributed by atoms with van der Waals surface area (Å²) >= 11 is 5.85. The van der Waals surface area contributed by atoms with E-state index in [2.05, 4.69) is 14.8 Å². The highest BCUT2D eigenvalue weighted by atomic mass is 35.5. The Kier molecular flexibility index (Phi) is 4.78. The highest BCUT2D eigenvalue weighted by Crippen LogP contribution is 2.27. The predicted octanol–water partition coefficient (Wildman–Crippen LogP) is 3.90. The maximum atomic E-state index is 13.9. The first-order valence-corrected chi connectivity index (χ1v) is 7.98. The van der Waals surface area contributed by atoms with Crippen molar-refractivity contribution in [2.75, 3.05) is 31.1 Å². The van der Waals surface area contributed by atoms with Crippen LogP contribution < -0.4 is 4.90 Å². The third-order valence-corrected chi connectivity index (χ3v) is 4.54. The monoisotopic (exact) mass is 337 g/mol. The standard InChI is InChI=1S/C17H18ClF2N3/c1-12(17-14(19)3-2-4-15(17)20)22-7-9-23(10-8-22)16-6-5-13(18)11-21-16/h2-6,11-12H,7-10H2,1H3. The quantitative estimate of drug-likeness (QED) is 0.847. The zero-order chi connectivity index (χ0) is 16.4. The molecule has 1 fully saturated rings. The zero-order valence-corrected chi connectivity index (χ0v) is 13.6. The number of piperazine rings is 1. The van der Waals surface area contributed by atoms with Gasteiger partial charge < -0.3 is 4.90 Å². The van der Waals surface area contributed by atoms with Crippen LogP contribution in [0.15, 0.2) is 36.5 Å². The lowest BCUT2D eigenvalue weighted by Crippen LogP contribution is -2.47. The van der Waals surface area contributed by atoms with Crippen LogP contribution in [0.3, 0.4) is 0 Å². The molecule has 2 heterocycles. The van der Waals surface area contributed by atoms with Crippen LogP contribution in [0.2, 0.25) is 5.02 Å². The lowest BCUT2D eigenvalue weighted by Gasteiger charge is -2.38. The van der Waals surface area contributed by atoms with Gasteiger partial charge in [-0.15, -0.1) is 0 Å². The number of hydrogen-bond acceptors (Lipinski definition) is 3. The maximum absolute atomic E-state index is 13.9. The van der Waals surface area contributed by atoms with Crippen molar-refractivity contribution >= 4 is 17.4 Å². The highest BCUT2D eigenvalue weighted by molar-refractivity contribution is 6.30. The van der Waals surface area contributed by atoms with Crippen molar-refractivity contribution in [1.82, 2.24) is 9.88 Å². The molecule has 3 nitrogen and oxygen atoms in total. The molecule has 122 valence electrons. The summed E-state index contributed by atoms with van der Waals surface area (Å²) in [5, 5.41) is 0.607. The molecule has 1 saturated heterocycles. The van der Waals surface area contributed by atoms with E-state index in [1.807, 2.05) is 19.1 Å². The van der Waals surface area contributed by atoms with Gasteiger partial charge in [0.25, 0.3) is 0 Å². The molecule has 0 aliphatic carbocycles. The number of halogens is 3. The Morgan fingerprint density at radius 3 is 2.26 bits per heavy atom. The molecular formula is C17H18ClF2N3. The van der Waals surface area contributed by atoms with Crippen molar-refractivity contribution in [3.8, 4) is 0 Å². The Hall–Kier alpha value is -1.72. The molecule has 0 bridgehead atoms. The molecule has 1 aliphatic rings. The first-order chi connectivity index (χ1) is 11.1. The first-order valence-electron chi connectivity index (χ1n) is 7.60. The fourth-order valence-electron chi connectivity index (χ4n) is 2.99. The minimum Gasteiger partial charge on any atom is -0.354 e. The fourth-order valence-corrected chi connectivity index (χ4v) is 3.10. The van der Waals surface area contributed by atoms with Crippen molar-refractivity contribution in [2.24, 2.45) is 0 Å². The van der Waals surface area contributed by atoms with Crippen LogP contribution in [-0.2, 0) is 0 Å². The maximum Gasteiger partial charge on any atom is 0.130 e. The molecule has 0 radical (unpaired) electrons. The van der Waals surface area contributed by atoms with Crippen LogP contribution in [0.25, 0.3) is 0 Å². The van der Waals surface area contributed by atoms with Crippen molar-refractivity contribution in [3.05, 3.63) is 58.7 Å². The van der Waals surface area contributed by atoms with Gasteiger partial charge in [-0.1, -0.05) is 17.7 Å². The third kappa shape index (κ3) is 3.46. The fraction of sp³-hybridized carbons (Fsp3) is 0.353. The second-order valence-corrected chi connectivity index (χ2v) is 6.11. The molecule has 2 aromatic rings. The Balaban J connectivity index is 1.68. The van der Waals surface area contributed by atoms with Crippen LogP contribution in [0.5, 0.6) is 0 Å². The Bertz CT molecular complexity index is 650. The molecule has 1 aliphatic heterocycles. The number of rotatable bonds is 3. The van der Waals surface area contributed by atoms with Crippen molar-refractivity contribution in [2.45, 2.75) is 13.0 Å². The zero-order valence-electron chi connectivity index (χ0n) is 12.8. The van der Waals surface area contributed by atoms with E-state index in [9.17, 15) is 8.78 Å². The smallest absolute Gasteiger partial charge is 0.130 e. The molecule has 0 saturated carbocycles. The van der Waals surface area contributed by atoms with Gasteiger partial charge in [0.2, 0.25) is 0 Å². The Morgan fingerprint density at radius 2 is 1.70 bits per heavy atom. The summed E-state index contributed by atoms with van der Waals surface area (Å²) in [6.45, 7) is 4.81. The molecule has 1 aromatic heterocycles. The van der Waals surface area contributed by atoms with Crippen molar-refractivity contribution < 1.29 is 8.78 Å². The summed E-state index contributed by atoms with van der Waals surface area (Å²) in [5.41, 5.74) is 0.144. The predicted molar refractivity (Wildman–Crippen MR) is 87.8 cm³/mol. The summed E-state index contributed by atoms with van der Waals surface area (Å²) in [4.78, 5) is 8.55. The van der Waals surface area contributed by atoms with E-state index in [1.54, 1.807) is 6.20 Å². The molecule has 0 N–H and O–H groups in total. The van der Waals surface area contributed by atoms with E-state index in [1.165, 1.54) is 18.2 Å². The van der Waals surface area contributed by atoms with Crippen LogP contribution in [0, 0.1) is 11.6 Å². The van der Waals surface area contributed by atoms with E-state index in [0.29, 0.717) is 5.02 Å². The molecule has 1 atom stereocenters. The lowest BCUT2D eigenvalue weighted by atomic mass is 10.0. The normalized spacial score (nSPS) is 17.3. The van der Waals surface area contributed by atoms with Gasteiger partial charge in [-0.05, 0) is 31.2 Å². The van der Waals surface area contributed by atoms with Crippen LogP contribution in [0.1, 0.15) is 18.5 Å². The summed E-state index contributed by atoms with van der Waals surface area (Å²) in [6, 6.07) is 7.42. The van der Waals surface area contributed by atoms with Gasteiger partial charge in [-0.25, -0.2) is 13.8 Å². The van der Waals surface area contributed by atoms with Gasteiger partial charge in [-0.3, -0.25) is 4.90 Å². The average Bonchev–Trinajstić information content (AvgIpc) is 2.55. The number of nitrogens with zero attached hydrogens (tertiary/aromatic N) is 3. The van der Waals surface area contributed by atoms with Gasteiger partial charge in [0.1, 0.15) is 17.5 Å². The summed E-state index contributed by atoms with van der Waals surface area (Å²) in [6.07, 6.45) is 1.63. The number of aromatic nitrogens is 1. The largest absolute Gasteiger partial charge is 0.354 e. The second-order valence-electron chi connectivity index (χ2n) is 5.67. The number of anilines is 1. The SMILES string of the molecule is CC(c1c(F)cccc1F)N1CCN(c2ccc(Cl)cn2)CC1. The van der Waals surface area contributed by atoms with E-state index < -0.39 is 11.6 Å². The Morgan fingerprint density at radius 1 is 1.04 bits per heavy atom. The van der Waals surface area contributed by atoms with Crippen molar-refractivity contribution in [3.63, 3.8) is 0 Å². The van der Waals surface area contributed by atoms with Gasteiger partial charge in [0, 0.05) is 44.0 Å². The topological polar surface area (TPSA) is 19.4 Å². The number of benzene rings is 1. The lowest BCUT2D eigenvalue weighted by molar-refractivity contribution is 0.191. The minimum atomic E-state index is -0.487. The van der Waals surface area contributed by atoms with Crippen LogP contribution in [-0.4, -0.2) is 36.1 Å². The average molecular weight is 338 g/mol. The molecule has 3 rings (SSSR count). The van der Waals surface area contributed by atoms with E-state index in [4.69, 9.17) is 11.6 Å². The molecule has 1 unspecified atom stereocenters. The van der Waals surface area contributed by atoms with Gasteiger partial charge >= 0.3 is 0 Å². The molecule has 1 aromatic carbocycles. The van der Waals surface area contributed by atoms with Crippen LogP contribution >= 0.6 is 11.6 Å². The Labute approximate surface area is 139 Å². The van der Waals surface area contributed by atoms with E-state index in [0.717, 1.165) is 32.0 Å². The molecular weight excluding hydrogens is 320 g/mol. The van der Waals surface area contributed by atoms with Crippen LogP contribution in [0.4, 0.5) is 14.6 Å². The van der Waals surface area contributed by atoms with Gasteiger partial charge in [-0.2, -0.15) is 0 Å². The first kappa shape index (κ1) is 16.1.